The van der Waals surface area contributed by atoms with Gasteiger partial charge in [0.1, 0.15) is 0 Å². The fraction of sp³-hybridized carbons (Fsp3) is 0.632. The van der Waals surface area contributed by atoms with Gasteiger partial charge in [-0.2, -0.15) is 0 Å². The molecule has 0 radical (unpaired) electrons. The van der Waals surface area contributed by atoms with Gasteiger partial charge in [-0.15, -0.1) is 5.10 Å². The van der Waals surface area contributed by atoms with Gasteiger partial charge in [-0.05, 0) is 49.9 Å². The lowest BCUT2D eigenvalue weighted by molar-refractivity contribution is -0.139. The quantitative estimate of drug-likeness (QED) is 0.672. The van der Waals surface area contributed by atoms with Gasteiger partial charge in [-0.3, -0.25) is 14.1 Å². The number of carbonyl (C=O) groups is 1. The highest BCUT2D eigenvalue weighted by Gasteiger charge is 2.30. The van der Waals surface area contributed by atoms with E-state index in [9.17, 15) is 4.79 Å². The molecule has 152 valence electrons. The van der Waals surface area contributed by atoms with Crippen LogP contribution in [0.2, 0.25) is 10.0 Å². The van der Waals surface area contributed by atoms with Crippen LogP contribution in [0.25, 0.3) is 5.65 Å². The molecule has 2 aromatic heterocycles. The molecule has 0 unspecified atom stereocenters. The van der Waals surface area contributed by atoms with E-state index in [0.717, 1.165) is 45.4 Å². The predicted molar refractivity (Wildman–Crippen MR) is 113 cm³/mol. The predicted octanol–water partition coefficient (Wildman–Crippen LogP) is 4.10. The number of fused-ring (bicyclic) bond motifs is 1. The highest BCUT2D eigenvalue weighted by atomic mass is 35.5. The number of hydrogen-bond donors (Lipinski definition) is 0. The largest absolute Gasteiger partial charge is 0.342 e. The molecule has 2 fully saturated rings. The van der Waals surface area contributed by atoms with Crippen molar-refractivity contribution in [3.63, 3.8) is 0 Å². The van der Waals surface area contributed by atoms with Crippen molar-refractivity contribution in [3.8, 4) is 0 Å². The van der Waals surface area contributed by atoms with Crippen molar-refractivity contribution in [2.24, 2.45) is 11.8 Å². The minimum Gasteiger partial charge on any atom is -0.342 e. The van der Waals surface area contributed by atoms with Crippen LogP contribution in [0.15, 0.2) is 12.3 Å². The molecule has 4 rings (SSSR count). The molecule has 2 aliphatic rings. The summed E-state index contributed by atoms with van der Waals surface area (Å²) in [5.41, 5.74) is 0.611. The van der Waals surface area contributed by atoms with E-state index in [0.29, 0.717) is 39.0 Å². The number of aromatic nitrogens is 3. The van der Waals surface area contributed by atoms with Gasteiger partial charge in [0, 0.05) is 38.3 Å². The molecule has 1 amide bonds. The van der Waals surface area contributed by atoms with Crippen LogP contribution in [0, 0.1) is 16.6 Å². The Hall–Kier alpha value is -1.15. The van der Waals surface area contributed by atoms with Crippen LogP contribution in [0.3, 0.4) is 0 Å². The maximum atomic E-state index is 12.8. The second kappa shape index (κ2) is 8.30. The van der Waals surface area contributed by atoms with Crippen LogP contribution in [-0.2, 0) is 11.5 Å². The summed E-state index contributed by atoms with van der Waals surface area (Å²) in [6.07, 6.45) is 5.87. The van der Waals surface area contributed by atoms with E-state index < -0.39 is 0 Å². The van der Waals surface area contributed by atoms with Crippen LogP contribution in [-0.4, -0.2) is 56.1 Å². The van der Waals surface area contributed by atoms with Crippen LogP contribution < -0.4 is 0 Å². The lowest BCUT2D eigenvalue weighted by Gasteiger charge is -2.37. The van der Waals surface area contributed by atoms with E-state index in [4.69, 9.17) is 35.4 Å². The van der Waals surface area contributed by atoms with Gasteiger partial charge in [-0.1, -0.05) is 30.1 Å². The fourth-order valence-corrected chi connectivity index (χ4v) is 5.04. The zero-order valence-electron chi connectivity index (χ0n) is 16.0. The summed E-state index contributed by atoms with van der Waals surface area (Å²) in [6.45, 7) is 6.39. The average Bonchev–Trinajstić information content (AvgIpc) is 2.98. The maximum absolute atomic E-state index is 12.8. The molecule has 28 heavy (non-hydrogen) atoms. The second-order valence-electron chi connectivity index (χ2n) is 8.05. The van der Waals surface area contributed by atoms with Gasteiger partial charge in [0.2, 0.25) is 10.7 Å². The van der Waals surface area contributed by atoms with Crippen LogP contribution in [0.5, 0.6) is 0 Å². The summed E-state index contributed by atoms with van der Waals surface area (Å²) in [5.74, 6) is 1.11. The van der Waals surface area contributed by atoms with E-state index in [-0.39, 0.29) is 5.92 Å². The van der Waals surface area contributed by atoms with Crippen molar-refractivity contribution in [1.82, 2.24) is 24.0 Å². The minimum absolute atomic E-state index is 0.142. The molecule has 0 spiro atoms. The summed E-state index contributed by atoms with van der Waals surface area (Å²) in [4.78, 5) is 17.2. The monoisotopic (exact) mass is 441 g/mol. The first-order valence-corrected chi connectivity index (χ1v) is 11.0. The lowest BCUT2D eigenvalue weighted by Crippen LogP contribution is -2.46. The van der Waals surface area contributed by atoms with Gasteiger partial charge in [0.15, 0.2) is 5.65 Å². The maximum Gasteiger partial charge on any atom is 0.225 e. The van der Waals surface area contributed by atoms with Crippen molar-refractivity contribution in [2.75, 3.05) is 26.2 Å². The number of carbonyl (C=O) groups excluding carboxylic acids is 1. The van der Waals surface area contributed by atoms with E-state index in [2.05, 4.69) is 21.8 Å². The Labute approximate surface area is 180 Å². The second-order valence-corrected chi connectivity index (χ2v) is 9.26. The Morgan fingerprint density at radius 2 is 2.00 bits per heavy atom. The summed E-state index contributed by atoms with van der Waals surface area (Å²) in [6, 6.07) is 1.67. The number of nitrogens with zero attached hydrogens (tertiary/aromatic N) is 5. The normalized spacial score (nSPS) is 22.1. The fourth-order valence-electron chi connectivity index (χ4n) is 4.30. The van der Waals surface area contributed by atoms with Crippen molar-refractivity contribution in [1.29, 1.82) is 0 Å². The molecule has 9 heteroatoms. The average molecular weight is 442 g/mol. The highest BCUT2D eigenvalue weighted by Crippen LogP contribution is 2.25. The first-order valence-electron chi connectivity index (χ1n) is 9.87. The Balaban J connectivity index is 1.39. The molecular formula is C19H25Cl2N5OS. The summed E-state index contributed by atoms with van der Waals surface area (Å²) >= 11 is 17.9. The van der Waals surface area contributed by atoms with Crippen molar-refractivity contribution < 1.29 is 4.79 Å². The molecule has 4 heterocycles. The van der Waals surface area contributed by atoms with Crippen molar-refractivity contribution in [3.05, 3.63) is 27.1 Å². The SMILES string of the molecule is C[C@@H]1CCCN(C(=O)C2CCN(Cn3nc4c(Cl)cc(Cl)cn4c3=S)CC2)C1. The molecule has 0 saturated carbocycles. The molecule has 2 saturated heterocycles. The third-order valence-corrected chi connectivity index (χ3v) is 6.73. The molecule has 2 aromatic rings. The standard InChI is InChI=1S/C19H25Cl2N5OS/c1-13-3-2-6-24(10-13)18(27)14-4-7-23(8-5-14)12-26-19(28)25-11-15(20)9-16(21)17(25)22-26/h9,11,13-14H,2-8,10,12H2,1H3/t13-/m1/s1. The first kappa shape index (κ1) is 20.1. The first-order chi connectivity index (χ1) is 13.4. The van der Waals surface area contributed by atoms with Crippen molar-refractivity contribution in [2.45, 2.75) is 39.3 Å². The molecule has 2 aliphatic heterocycles. The molecular weight excluding hydrogens is 417 g/mol. The Morgan fingerprint density at radius 3 is 2.71 bits per heavy atom. The summed E-state index contributed by atoms with van der Waals surface area (Å²) in [7, 11) is 0. The number of halogens is 2. The third-order valence-electron chi connectivity index (χ3n) is 5.84. The Bertz CT molecular complexity index is 934. The molecule has 0 bridgehead atoms. The van der Waals surface area contributed by atoms with Crippen LogP contribution in [0.4, 0.5) is 0 Å². The lowest BCUT2D eigenvalue weighted by atomic mass is 9.93. The molecule has 6 nitrogen and oxygen atoms in total. The number of rotatable bonds is 3. The smallest absolute Gasteiger partial charge is 0.225 e. The van der Waals surface area contributed by atoms with Crippen LogP contribution in [0.1, 0.15) is 32.6 Å². The molecule has 0 aliphatic carbocycles. The number of amides is 1. The summed E-state index contributed by atoms with van der Waals surface area (Å²) < 4.78 is 4.09. The van der Waals surface area contributed by atoms with E-state index in [1.54, 1.807) is 21.3 Å². The third kappa shape index (κ3) is 4.08. The zero-order chi connectivity index (χ0) is 19.8. The van der Waals surface area contributed by atoms with E-state index in [1.165, 1.54) is 6.42 Å². The van der Waals surface area contributed by atoms with Gasteiger partial charge in [-0.25, -0.2) is 4.68 Å². The van der Waals surface area contributed by atoms with Crippen molar-refractivity contribution >= 4 is 47.0 Å². The van der Waals surface area contributed by atoms with Gasteiger partial charge in [0.25, 0.3) is 0 Å². The van der Waals surface area contributed by atoms with E-state index >= 15 is 0 Å². The van der Waals surface area contributed by atoms with E-state index in [1.807, 2.05) is 0 Å². The van der Waals surface area contributed by atoms with Gasteiger partial charge >= 0.3 is 0 Å². The highest BCUT2D eigenvalue weighted by molar-refractivity contribution is 7.71. The number of hydrogen-bond acceptors (Lipinski definition) is 4. The Kier molecular flexibility index (Phi) is 5.97. The molecule has 1 atom stereocenters. The topological polar surface area (TPSA) is 45.8 Å². The van der Waals surface area contributed by atoms with Gasteiger partial charge in [0.05, 0.1) is 16.7 Å². The molecule has 0 aromatic carbocycles. The number of pyridine rings is 1. The van der Waals surface area contributed by atoms with Gasteiger partial charge < -0.3 is 4.90 Å². The molecule has 0 N–H and O–H groups in total. The number of piperidine rings is 2. The minimum atomic E-state index is 0.142. The number of likely N-dealkylation sites (tertiary alicyclic amines) is 2. The Morgan fingerprint density at radius 1 is 1.25 bits per heavy atom. The summed E-state index contributed by atoms with van der Waals surface area (Å²) in [5, 5.41) is 5.56. The van der Waals surface area contributed by atoms with Crippen LogP contribution >= 0.6 is 35.4 Å². The zero-order valence-corrected chi connectivity index (χ0v) is 18.3.